The molecule has 0 bridgehead atoms. The lowest BCUT2D eigenvalue weighted by molar-refractivity contribution is -0.139. The number of pyridine rings is 1. The number of carboxylic acids is 1. The summed E-state index contributed by atoms with van der Waals surface area (Å²) >= 11 is 0. The van der Waals surface area contributed by atoms with E-state index in [0.29, 0.717) is 18.0 Å². The Kier molecular flexibility index (Phi) is 4.28. The lowest BCUT2D eigenvalue weighted by atomic mass is 9.95. The maximum atomic E-state index is 11.1. The molecular formula is C12H17NO2. The fourth-order valence-corrected chi connectivity index (χ4v) is 1.48. The topological polar surface area (TPSA) is 50.2 Å². The molecule has 0 fully saturated rings. The van der Waals surface area contributed by atoms with Crippen molar-refractivity contribution in [1.82, 2.24) is 4.98 Å². The Balaban J connectivity index is 2.71. The summed E-state index contributed by atoms with van der Waals surface area (Å²) in [5, 5.41) is 9.10. The summed E-state index contributed by atoms with van der Waals surface area (Å²) in [6, 6.07) is 5.40. The minimum atomic E-state index is -0.783. The van der Waals surface area contributed by atoms with E-state index >= 15 is 0 Å². The van der Waals surface area contributed by atoms with Crippen LogP contribution in [0.3, 0.4) is 0 Å². The van der Waals surface area contributed by atoms with Gasteiger partial charge in [0, 0.05) is 6.20 Å². The molecule has 1 heterocycles. The largest absolute Gasteiger partial charge is 0.481 e. The Morgan fingerprint density at radius 1 is 1.40 bits per heavy atom. The minimum absolute atomic E-state index is 0.464. The Morgan fingerprint density at radius 3 is 2.60 bits per heavy atom. The second-order valence-corrected chi connectivity index (χ2v) is 4.12. The van der Waals surface area contributed by atoms with E-state index in [9.17, 15) is 4.79 Å². The summed E-state index contributed by atoms with van der Waals surface area (Å²) in [6.45, 7) is 4.19. The summed E-state index contributed by atoms with van der Waals surface area (Å²) < 4.78 is 0. The highest BCUT2D eigenvalue weighted by Crippen LogP contribution is 2.21. The van der Waals surface area contributed by atoms with Gasteiger partial charge in [0.1, 0.15) is 0 Å². The van der Waals surface area contributed by atoms with Gasteiger partial charge in [-0.05, 0) is 30.9 Å². The fraction of sp³-hybridized carbons (Fsp3) is 0.500. The van der Waals surface area contributed by atoms with Gasteiger partial charge in [-0.2, -0.15) is 0 Å². The zero-order valence-corrected chi connectivity index (χ0v) is 9.18. The zero-order valence-electron chi connectivity index (χ0n) is 9.18. The molecule has 1 unspecified atom stereocenters. The van der Waals surface area contributed by atoms with E-state index in [1.54, 1.807) is 18.3 Å². The highest BCUT2D eigenvalue weighted by atomic mass is 16.4. The van der Waals surface area contributed by atoms with E-state index in [1.807, 2.05) is 6.07 Å². The number of nitrogens with zero attached hydrogens (tertiary/aromatic N) is 1. The van der Waals surface area contributed by atoms with Crippen LogP contribution in [0.2, 0.25) is 0 Å². The SMILES string of the molecule is CC(C)CCC(C(=O)O)c1ccccn1. The van der Waals surface area contributed by atoms with Crippen molar-refractivity contribution in [2.45, 2.75) is 32.6 Å². The third-order valence-electron chi connectivity index (χ3n) is 2.38. The Morgan fingerprint density at radius 2 is 2.13 bits per heavy atom. The fourth-order valence-electron chi connectivity index (χ4n) is 1.48. The molecule has 1 aromatic heterocycles. The first-order valence-electron chi connectivity index (χ1n) is 5.25. The average Bonchev–Trinajstić information content (AvgIpc) is 2.18. The highest BCUT2D eigenvalue weighted by molar-refractivity contribution is 5.75. The number of carbonyl (C=O) groups is 1. The van der Waals surface area contributed by atoms with Crippen LogP contribution in [0.4, 0.5) is 0 Å². The molecule has 0 aliphatic heterocycles. The molecule has 0 spiro atoms. The van der Waals surface area contributed by atoms with Crippen LogP contribution in [0, 0.1) is 5.92 Å². The minimum Gasteiger partial charge on any atom is -0.481 e. The van der Waals surface area contributed by atoms with Crippen LogP contribution in [0.5, 0.6) is 0 Å². The van der Waals surface area contributed by atoms with Crippen LogP contribution in [0.25, 0.3) is 0 Å². The van der Waals surface area contributed by atoms with E-state index in [1.165, 1.54) is 0 Å². The Labute approximate surface area is 90.2 Å². The van der Waals surface area contributed by atoms with Gasteiger partial charge in [-0.1, -0.05) is 19.9 Å². The number of rotatable bonds is 5. The first-order valence-corrected chi connectivity index (χ1v) is 5.25. The van der Waals surface area contributed by atoms with Crippen molar-refractivity contribution in [2.24, 2.45) is 5.92 Å². The van der Waals surface area contributed by atoms with E-state index < -0.39 is 11.9 Å². The number of carboxylic acid groups (broad SMARTS) is 1. The molecule has 0 aliphatic rings. The predicted molar refractivity (Wildman–Crippen MR) is 58.7 cm³/mol. The number of aliphatic carboxylic acids is 1. The quantitative estimate of drug-likeness (QED) is 0.807. The maximum Gasteiger partial charge on any atom is 0.312 e. The second-order valence-electron chi connectivity index (χ2n) is 4.12. The van der Waals surface area contributed by atoms with E-state index in [-0.39, 0.29) is 0 Å². The van der Waals surface area contributed by atoms with E-state index in [0.717, 1.165) is 6.42 Å². The van der Waals surface area contributed by atoms with Gasteiger partial charge in [0.15, 0.2) is 0 Å². The maximum absolute atomic E-state index is 11.1. The predicted octanol–water partition coefficient (Wildman–Crippen LogP) is 2.69. The van der Waals surface area contributed by atoms with Gasteiger partial charge in [-0.25, -0.2) is 0 Å². The third kappa shape index (κ3) is 3.70. The molecule has 1 atom stereocenters. The molecular weight excluding hydrogens is 190 g/mol. The van der Waals surface area contributed by atoms with Gasteiger partial charge < -0.3 is 5.11 Å². The Bertz CT molecular complexity index is 309. The van der Waals surface area contributed by atoms with Gasteiger partial charge in [-0.3, -0.25) is 9.78 Å². The monoisotopic (exact) mass is 207 g/mol. The highest BCUT2D eigenvalue weighted by Gasteiger charge is 2.20. The normalized spacial score (nSPS) is 12.7. The molecule has 0 aliphatic carbocycles. The molecule has 0 amide bonds. The van der Waals surface area contributed by atoms with Crippen molar-refractivity contribution in [1.29, 1.82) is 0 Å². The first-order chi connectivity index (χ1) is 7.11. The van der Waals surface area contributed by atoms with E-state index in [4.69, 9.17) is 5.11 Å². The number of hydrogen-bond acceptors (Lipinski definition) is 2. The summed E-state index contributed by atoms with van der Waals surface area (Å²) in [5.74, 6) is -0.724. The lowest BCUT2D eigenvalue weighted by Crippen LogP contribution is -2.13. The second kappa shape index (κ2) is 5.49. The molecule has 1 rings (SSSR count). The third-order valence-corrected chi connectivity index (χ3v) is 2.38. The van der Waals surface area contributed by atoms with Crippen molar-refractivity contribution in [3.63, 3.8) is 0 Å². The molecule has 0 radical (unpaired) electrons. The van der Waals surface area contributed by atoms with Gasteiger partial charge in [0.25, 0.3) is 0 Å². The van der Waals surface area contributed by atoms with Crippen LogP contribution in [-0.4, -0.2) is 16.1 Å². The molecule has 82 valence electrons. The van der Waals surface area contributed by atoms with Crippen LogP contribution in [0.15, 0.2) is 24.4 Å². The summed E-state index contributed by atoms with van der Waals surface area (Å²) in [7, 11) is 0. The van der Waals surface area contributed by atoms with Crippen LogP contribution in [0.1, 0.15) is 38.3 Å². The lowest BCUT2D eigenvalue weighted by Gasteiger charge is -2.12. The van der Waals surface area contributed by atoms with Crippen molar-refractivity contribution in [3.8, 4) is 0 Å². The molecule has 15 heavy (non-hydrogen) atoms. The standard InChI is InChI=1S/C12H17NO2/c1-9(2)6-7-10(12(14)15)11-5-3-4-8-13-11/h3-5,8-10H,6-7H2,1-2H3,(H,14,15). The van der Waals surface area contributed by atoms with Crippen molar-refractivity contribution in [3.05, 3.63) is 30.1 Å². The van der Waals surface area contributed by atoms with Crippen LogP contribution < -0.4 is 0 Å². The summed E-state index contributed by atoms with van der Waals surface area (Å²) in [5.41, 5.74) is 0.658. The van der Waals surface area contributed by atoms with Crippen molar-refractivity contribution in [2.75, 3.05) is 0 Å². The van der Waals surface area contributed by atoms with Gasteiger partial charge in [0.2, 0.25) is 0 Å². The van der Waals surface area contributed by atoms with Gasteiger partial charge >= 0.3 is 5.97 Å². The molecule has 0 saturated heterocycles. The van der Waals surface area contributed by atoms with Crippen LogP contribution in [-0.2, 0) is 4.79 Å². The first kappa shape index (κ1) is 11.7. The van der Waals surface area contributed by atoms with Gasteiger partial charge in [0.05, 0.1) is 11.6 Å². The smallest absolute Gasteiger partial charge is 0.312 e. The summed E-state index contributed by atoms with van der Waals surface area (Å²) in [4.78, 5) is 15.2. The van der Waals surface area contributed by atoms with Crippen molar-refractivity contribution >= 4 is 5.97 Å². The summed E-state index contributed by atoms with van der Waals surface area (Å²) in [6.07, 6.45) is 3.21. The Hall–Kier alpha value is -1.38. The number of aromatic nitrogens is 1. The van der Waals surface area contributed by atoms with E-state index in [2.05, 4.69) is 18.8 Å². The molecule has 1 N–H and O–H groups in total. The molecule has 3 nitrogen and oxygen atoms in total. The molecule has 0 saturated carbocycles. The molecule has 1 aromatic rings. The molecule has 3 heteroatoms. The van der Waals surface area contributed by atoms with Crippen LogP contribution >= 0.6 is 0 Å². The number of hydrogen-bond donors (Lipinski definition) is 1. The molecule has 0 aromatic carbocycles. The van der Waals surface area contributed by atoms with Gasteiger partial charge in [-0.15, -0.1) is 0 Å². The average molecular weight is 207 g/mol. The van der Waals surface area contributed by atoms with Crippen molar-refractivity contribution < 1.29 is 9.90 Å². The zero-order chi connectivity index (χ0) is 11.3.